The van der Waals surface area contributed by atoms with E-state index in [0.29, 0.717) is 11.8 Å². The fourth-order valence-corrected chi connectivity index (χ4v) is 3.39. The van der Waals surface area contributed by atoms with Crippen molar-refractivity contribution >= 4 is 29.1 Å². The number of nitrogens with zero attached hydrogens (tertiary/aromatic N) is 1. The van der Waals surface area contributed by atoms with Gasteiger partial charge in [-0.25, -0.2) is 0 Å². The minimum absolute atomic E-state index is 0. The van der Waals surface area contributed by atoms with E-state index in [1.807, 2.05) is 4.90 Å². The van der Waals surface area contributed by atoms with Gasteiger partial charge in [-0.05, 0) is 28.7 Å². The number of carbonyl (C=O) groups is 1. The Labute approximate surface area is 137 Å². The third-order valence-corrected chi connectivity index (χ3v) is 4.74. The summed E-state index contributed by atoms with van der Waals surface area (Å²) in [4.78, 5) is 14.5. The van der Waals surface area contributed by atoms with Crippen LogP contribution in [0.3, 0.4) is 0 Å². The molecule has 1 aliphatic heterocycles. The predicted octanol–water partition coefficient (Wildman–Crippen LogP) is 2.80. The van der Waals surface area contributed by atoms with Gasteiger partial charge in [0.2, 0.25) is 5.91 Å². The van der Waals surface area contributed by atoms with E-state index >= 15 is 0 Å². The number of amides is 1. The number of rotatable bonds is 2. The lowest BCUT2D eigenvalue weighted by molar-refractivity contribution is -0.133. The third-order valence-electron chi connectivity index (χ3n) is 4.74. The average Bonchev–Trinajstić information content (AvgIpc) is 3.35. The highest BCUT2D eigenvalue weighted by Gasteiger charge is 2.45. The Kier molecular flexibility index (Phi) is 4.37. The number of hydrogen-bond acceptors (Lipinski definition) is 2. The van der Waals surface area contributed by atoms with Crippen LogP contribution >= 0.6 is 12.4 Å². The van der Waals surface area contributed by atoms with Crippen LogP contribution < -0.4 is 5.32 Å². The second-order valence-corrected chi connectivity index (χ2v) is 6.13. The van der Waals surface area contributed by atoms with E-state index in [-0.39, 0.29) is 18.3 Å². The van der Waals surface area contributed by atoms with Crippen LogP contribution in [0.25, 0.3) is 10.8 Å². The zero-order chi connectivity index (χ0) is 14.2. The Balaban J connectivity index is 0.00000144. The number of carbonyl (C=O) groups excluding carboxylic acids is 1. The molecule has 2 aromatic carbocycles. The highest BCUT2D eigenvalue weighted by atomic mass is 35.5. The van der Waals surface area contributed by atoms with Crippen molar-refractivity contribution in [3.8, 4) is 0 Å². The third kappa shape index (κ3) is 2.83. The van der Waals surface area contributed by atoms with Crippen molar-refractivity contribution in [2.45, 2.75) is 12.3 Å². The van der Waals surface area contributed by atoms with Crippen LogP contribution in [0, 0.1) is 5.92 Å². The molecular weight excluding hydrogens is 296 g/mol. The molecule has 1 amide bonds. The zero-order valence-corrected chi connectivity index (χ0v) is 13.3. The van der Waals surface area contributed by atoms with Crippen molar-refractivity contribution in [2.24, 2.45) is 5.92 Å². The number of piperazine rings is 1. The van der Waals surface area contributed by atoms with Gasteiger partial charge in [-0.15, -0.1) is 12.4 Å². The minimum atomic E-state index is 0. The van der Waals surface area contributed by atoms with Gasteiger partial charge in [-0.2, -0.15) is 0 Å². The molecule has 4 rings (SSSR count). The smallest absolute Gasteiger partial charge is 0.226 e. The molecule has 2 fully saturated rings. The van der Waals surface area contributed by atoms with Crippen LogP contribution in [0.5, 0.6) is 0 Å². The monoisotopic (exact) mass is 316 g/mol. The Morgan fingerprint density at radius 3 is 2.55 bits per heavy atom. The quantitative estimate of drug-likeness (QED) is 0.924. The van der Waals surface area contributed by atoms with E-state index in [1.54, 1.807) is 0 Å². The molecule has 0 radical (unpaired) electrons. The topological polar surface area (TPSA) is 32.3 Å². The molecule has 22 heavy (non-hydrogen) atoms. The predicted molar refractivity (Wildman–Crippen MR) is 91.5 cm³/mol. The van der Waals surface area contributed by atoms with E-state index in [4.69, 9.17) is 0 Å². The van der Waals surface area contributed by atoms with Gasteiger partial charge in [0.15, 0.2) is 0 Å². The van der Waals surface area contributed by atoms with Gasteiger partial charge < -0.3 is 10.2 Å². The second-order valence-electron chi connectivity index (χ2n) is 6.13. The Hall–Kier alpha value is -1.58. The summed E-state index contributed by atoms with van der Waals surface area (Å²) in [6, 6.07) is 15.0. The fourth-order valence-electron chi connectivity index (χ4n) is 3.39. The molecule has 2 aromatic rings. The van der Waals surface area contributed by atoms with E-state index < -0.39 is 0 Å². The number of fused-ring (bicyclic) bond motifs is 1. The highest BCUT2D eigenvalue weighted by Crippen LogP contribution is 2.49. The molecule has 1 aliphatic carbocycles. The maximum absolute atomic E-state index is 12.5. The lowest BCUT2D eigenvalue weighted by Gasteiger charge is -2.27. The van der Waals surface area contributed by atoms with Gasteiger partial charge in [0.05, 0.1) is 0 Å². The largest absolute Gasteiger partial charge is 0.340 e. The fraction of sp³-hybridized carbons (Fsp3) is 0.389. The standard InChI is InChI=1S/C18H20N2O.ClH/c21-18(20-9-7-19-8-10-20)17-12-16(17)15-6-5-13-3-1-2-4-14(13)11-15;/h1-6,11,16-17,19H,7-10,12H2;1H. The minimum Gasteiger partial charge on any atom is -0.340 e. The van der Waals surface area contributed by atoms with Crippen molar-refractivity contribution in [1.29, 1.82) is 0 Å². The van der Waals surface area contributed by atoms with Crippen LogP contribution in [-0.4, -0.2) is 37.0 Å². The Bertz CT molecular complexity index is 682. The number of halogens is 1. The van der Waals surface area contributed by atoms with Crippen molar-refractivity contribution in [2.75, 3.05) is 26.2 Å². The number of benzene rings is 2. The van der Waals surface area contributed by atoms with Gasteiger partial charge in [0, 0.05) is 32.1 Å². The van der Waals surface area contributed by atoms with Crippen molar-refractivity contribution < 1.29 is 4.79 Å². The molecule has 2 atom stereocenters. The molecule has 0 aromatic heterocycles. The van der Waals surface area contributed by atoms with E-state index in [0.717, 1.165) is 32.6 Å². The molecule has 0 spiro atoms. The summed E-state index contributed by atoms with van der Waals surface area (Å²) in [5.74, 6) is 0.996. The van der Waals surface area contributed by atoms with Crippen molar-refractivity contribution in [3.05, 3.63) is 48.0 Å². The second kappa shape index (κ2) is 6.27. The van der Waals surface area contributed by atoms with Crippen LogP contribution in [-0.2, 0) is 4.79 Å². The summed E-state index contributed by atoms with van der Waals surface area (Å²) in [6.07, 6.45) is 1.01. The number of hydrogen-bond donors (Lipinski definition) is 1. The summed E-state index contributed by atoms with van der Waals surface area (Å²) in [7, 11) is 0. The van der Waals surface area contributed by atoms with Crippen LogP contribution in [0.1, 0.15) is 17.9 Å². The maximum Gasteiger partial charge on any atom is 0.226 e. The van der Waals surface area contributed by atoms with Gasteiger partial charge >= 0.3 is 0 Å². The molecule has 1 saturated carbocycles. The van der Waals surface area contributed by atoms with Crippen LogP contribution in [0.2, 0.25) is 0 Å². The zero-order valence-electron chi connectivity index (χ0n) is 12.5. The number of nitrogens with one attached hydrogen (secondary N) is 1. The molecule has 1 saturated heterocycles. The maximum atomic E-state index is 12.5. The summed E-state index contributed by atoms with van der Waals surface area (Å²) in [6.45, 7) is 3.58. The molecule has 4 heteroatoms. The first-order valence-electron chi connectivity index (χ1n) is 7.81. The van der Waals surface area contributed by atoms with E-state index in [9.17, 15) is 4.79 Å². The first-order valence-corrected chi connectivity index (χ1v) is 7.81. The lowest BCUT2D eigenvalue weighted by atomic mass is 10.0. The lowest BCUT2D eigenvalue weighted by Crippen LogP contribution is -2.47. The van der Waals surface area contributed by atoms with Gasteiger partial charge in [0.25, 0.3) is 0 Å². The van der Waals surface area contributed by atoms with Crippen LogP contribution in [0.15, 0.2) is 42.5 Å². The molecule has 1 heterocycles. The van der Waals surface area contributed by atoms with Crippen molar-refractivity contribution in [1.82, 2.24) is 10.2 Å². The molecular formula is C18H21ClN2O. The molecule has 0 bridgehead atoms. The van der Waals surface area contributed by atoms with Crippen molar-refractivity contribution in [3.63, 3.8) is 0 Å². The van der Waals surface area contributed by atoms with Gasteiger partial charge in [-0.1, -0.05) is 42.5 Å². The first kappa shape index (κ1) is 15.3. The summed E-state index contributed by atoms with van der Waals surface area (Å²) in [5.41, 5.74) is 1.32. The van der Waals surface area contributed by atoms with E-state index in [1.165, 1.54) is 16.3 Å². The normalized spacial score (nSPS) is 23.9. The SMILES string of the molecule is Cl.O=C(C1CC1c1ccc2ccccc2c1)N1CCNCC1. The molecule has 1 N–H and O–H groups in total. The van der Waals surface area contributed by atoms with E-state index in [2.05, 4.69) is 47.8 Å². The van der Waals surface area contributed by atoms with Crippen LogP contribution in [0.4, 0.5) is 0 Å². The van der Waals surface area contributed by atoms with Gasteiger partial charge in [-0.3, -0.25) is 4.79 Å². The Morgan fingerprint density at radius 2 is 1.77 bits per heavy atom. The average molecular weight is 317 g/mol. The highest BCUT2D eigenvalue weighted by molar-refractivity contribution is 5.86. The molecule has 3 nitrogen and oxygen atoms in total. The summed E-state index contributed by atoms with van der Waals surface area (Å²) in [5, 5.41) is 5.84. The molecule has 116 valence electrons. The summed E-state index contributed by atoms with van der Waals surface area (Å²) < 4.78 is 0. The molecule has 2 unspecified atom stereocenters. The molecule has 2 aliphatic rings. The van der Waals surface area contributed by atoms with Gasteiger partial charge in [0.1, 0.15) is 0 Å². The Morgan fingerprint density at radius 1 is 1.05 bits per heavy atom. The first-order chi connectivity index (χ1) is 10.3. The summed E-state index contributed by atoms with van der Waals surface area (Å²) >= 11 is 0.